The van der Waals surface area contributed by atoms with Gasteiger partial charge in [0.05, 0.1) is 5.69 Å². The number of likely N-dealkylation sites (tertiary alicyclic amines) is 1. The Hall–Kier alpha value is -2.14. The second kappa shape index (κ2) is 7.40. The minimum Gasteiger partial charge on any atom is -0.441 e. The predicted molar refractivity (Wildman–Crippen MR) is 98.2 cm³/mol. The predicted octanol–water partition coefficient (Wildman–Crippen LogP) is 3.40. The highest BCUT2D eigenvalue weighted by molar-refractivity contribution is 5.73. The van der Waals surface area contributed by atoms with Gasteiger partial charge in [-0.2, -0.15) is 0 Å². The van der Waals surface area contributed by atoms with E-state index in [1.165, 1.54) is 0 Å². The standard InChI is InChI=1S/C20H27N3O2/c1-5-23(16(4)24)17-10-11-22(12-17)13-19-15(3)25-20(21-19)18-9-7-6-8-14(18)2/h6-9,17H,5,10-13H2,1-4H3. The molecule has 1 saturated heterocycles. The lowest BCUT2D eigenvalue weighted by atomic mass is 10.1. The molecule has 5 nitrogen and oxygen atoms in total. The van der Waals surface area contributed by atoms with Gasteiger partial charge in [-0.15, -0.1) is 0 Å². The lowest BCUT2D eigenvalue weighted by Crippen LogP contribution is -2.40. The maximum absolute atomic E-state index is 11.8. The lowest BCUT2D eigenvalue weighted by Gasteiger charge is -2.26. The van der Waals surface area contributed by atoms with Crippen molar-refractivity contribution in [1.82, 2.24) is 14.8 Å². The normalized spacial score (nSPS) is 17.8. The van der Waals surface area contributed by atoms with Crippen LogP contribution in [0.4, 0.5) is 0 Å². The smallest absolute Gasteiger partial charge is 0.226 e. The minimum absolute atomic E-state index is 0.161. The summed E-state index contributed by atoms with van der Waals surface area (Å²) in [5, 5.41) is 0. The van der Waals surface area contributed by atoms with Crippen LogP contribution in [0, 0.1) is 13.8 Å². The van der Waals surface area contributed by atoms with Crippen LogP contribution >= 0.6 is 0 Å². The quantitative estimate of drug-likeness (QED) is 0.836. The van der Waals surface area contributed by atoms with E-state index in [9.17, 15) is 4.79 Å². The SMILES string of the molecule is CCN(C(C)=O)C1CCN(Cc2nc(-c3ccccc3C)oc2C)C1. The molecule has 0 radical (unpaired) electrons. The molecule has 1 atom stereocenters. The van der Waals surface area contributed by atoms with Crippen LogP contribution in [-0.4, -0.2) is 46.4 Å². The number of nitrogens with zero attached hydrogens (tertiary/aromatic N) is 3. The molecule has 1 aliphatic rings. The lowest BCUT2D eigenvalue weighted by molar-refractivity contribution is -0.130. The number of oxazole rings is 1. The molecule has 1 amide bonds. The number of rotatable bonds is 5. The van der Waals surface area contributed by atoms with E-state index in [1.54, 1.807) is 6.92 Å². The Bertz CT molecular complexity index is 753. The molecule has 0 bridgehead atoms. The second-order valence-electron chi connectivity index (χ2n) is 6.82. The summed E-state index contributed by atoms with van der Waals surface area (Å²) in [4.78, 5) is 20.8. The second-order valence-corrected chi connectivity index (χ2v) is 6.82. The van der Waals surface area contributed by atoms with Gasteiger partial charge in [0.15, 0.2) is 0 Å². The summed E-state index contributed by atoms with van der Waals surface area (Å²) in [7, 11) is 0. The van der Waals surface area contributed by atoms with Crippen LogP contribution in [0.5, 0.6) is 0 Å². The molecule has 0 aliphatic carbocycles. The summed E-state index contributed by atoms with van der Waals surface area (Å²) in [5.74, 6) is 1.73. The van der Waals surface area contributed by atoms with Crippen LogP contribution in [0.15, 0.2) is 28.7 Å². The fourth-order valence-electron chi connectivity index (χ4n) is 3.66. The van der Waals surface area contributed by atoms with Gasteiger partial charge in [0.25, 0.3) is 0 Å². The third kappa shape index (κ3) is 3.76. The van der Waals surface area contributed by atoms with Crippen LogP contribution in [0.3, 0.4) is 0 Å². The van der Waals surface area contributed by atoms with E-state index >= 15 is 0 Å². The molecule has 1 fully saturated rings. The summed E-state index contributed by atoms with van der Waals surface area (Å²) in [6.07, 6.45) is 1.02. The first-order chi connectivity index (χ1) is 12.0. The summed E-state index contributed by atoms with van der Waals surface area (Å²) in [6.45, 7) is 11.2. The van der Waals surface area contributed by atoms with E-state index in [-0.39, 0.29) is 5.91 Å². The van der Waals surface area contributed by atoms with Gasteiger partial charge in [-0.05, 0) is 38.8 Å². The van der Waals surface area contributed by atoms with Crippen molar-refractivity contribution in [3.05, 3.63) is 41.3 Å². The largest absolute Gasteiger partial charge is 0.441 e. The van der Waals surface area contributed by atoms with Crippen LogP contribution in [0.1, 0.15) is 37.3 Å². The van der Waals surface area contributed by atoms with Crippen LogP contribution < -0.4 is 0 Å². The fraction of sp³-hybridized carbons (Fsp3) is 0.500. The minimum atomic E-state index is 0.161. The number of carbonyl (C=O) groups excluding carboxylic acids is 1. The van der Waals surface area contributed by atoms with E-state index in [2.05, 4.69) is 17.9 Å². The molecule has 0 spiro atoms. The molecule has 0 N–H and O–H groups in total. The van der Waals surface area contributed by atoms with Crippen LogP contribution in [0.2, 0.25) is 0 Å². The van der Waals surface area contributed by atoms with Gasteiger partial charge < -0.3 is 9.32 Å². The molecular formula is C20H27N3O2. The average molecular weight is 341 g/mol. The van der Waals surface area contributed by atoms with E-state index in [1.807, 2.05) is 36.9 Å². The van der Waals surface area contributed by atoms with Crippen molar-refractivity contribution in [1.29, 1.82) is 0 Å². The summed E-state index contributed by atoms with van der Waals surface area (Å²) in [6, 6.07) is 8.45. The zero-order valence-electron chi connectivity index (χ0n) is 15.6. The summed E-state index contributed by atoms with van der Waals surface area (Å²) in [5.41, 5.74) is 3.20. The van der Waals surface area contributed by atoms with Crippen molar-refractivity contribution < 1.29 is 9.21 Å². The third-order valence-corrected chi connectivity index (χ3v) is 5.07. The molecular weight excluding hydrogens is 314 g/mol. The van der Waals surface area contributed by atoms with Gasteiger partial charge in [0, 0.05) is 44.7 Å². The topological polar surface area (TPSA) is 49.6 Å². The first-order valence-electron chi connectivity index (χ1n) is 9.01. The first-order valence-corrected chi connectivity index (χ1v) is 9.01. The maximum Gasteiger partial charge on any atom is 0.226 e. The number of aryl methyl sites for hydroxylation is 2. The highest BCUT2D eigenvalue weighted by Gasteiger charge is 2.29. The number of hydrogen-bond acceptors (Lipinski definition) is 4. The van der Waals surface area contributed by atoms with Crippen molar-refractivity contribution in [2.45, 2.75) is 46.7 Å². The number of benzene rings is 1. The van der Waals surface area contributed by atoms with Gasteiger partial charge in [-0.3, -0.25) is 9.69 Å². The fourth-order valence-corrected chi connectivity index (χ4v) is 3.66. The van der Waals surface area contributed by atoms with E-state index in [0.29, 0.717) is 11.9 Å². The van der Waals surface area contributed by atoms with Crippen molar-refractivity contribution in [2.24, 2.45) is 0 Å². The molecule has 1 aromatic carbocycles. The Morgan fingerprint density at radius 2 is 2.12 bits per heavy atom. The summed E-state index contributed by atoms with van der Waals surface area (Å²) >= 11 is 0. The van der Waals surface area contributed by atoms with Crippen molar-refractivity contribution in [3.8, 4) is 11.5 Å². The number of likely N-dealkylation sites (N-methyl/N-ethyl adjacent to an activating group) is 1. The molecule has 25 heavy (non-hydrogen) atoms. The van der Waals surface area contributed by atoms with E-state index < -0.39 is 0 Å². The maximum atomic E-state index is 11.8. The van der Waals surface area contributed by atoms with Gasteiger partial charge in [-0.1, -0.05) is 18.2 Å². The Morgan fingerprint density at radius 1 is 1.36 bits per heavy atom. The van der Waals surface area contributed by atoms with E-state index in [4.69, 9.17) is 9.40 Å². The molecule has 134 valence electrons. The number of amides is 1. The summed E-state index contributed by atoms with van der Waals surface area (Å²) < 4.78 is 5.92. The molecule has 0 saturated carbocycles. The van der Waals surface area contributed by atoms with Crippen LogP contribution in [0.25, 0.3) is 11.5 Å². The number of hydrogen-bond donors (Lipinski definition) is 0. The van der Waals surface area contributed by atoms with Gasteiger partial charge in [-0.25, -0.2) is 4.98 Å². The van der Waals surface area contributed by atoms with Gasteiger partial charge in [0.1, 0.15) is 5.76 Å². The highest BCUT2D eigenvalue weighted by Crippen LogP contribution is 2.26. The average Bonchev–Trinajstić information content (AvgIpc) is 3.16. The zero-order chi connectivity index (χ0) is 18.0. The first kappa shape index (κ1) is 17.7. The third-order valence-electron chi connectivity index (χ3n) is 5.07. The molecule has 1 aliphatic heterocycles. The van der Waals surface area contributed by atoms with Crippen molar-refractivity contribution in [3.63, 3.8) is 0 Å². The number of carbonyl (C=O) groups is 1. The Morgan fingerprint density at radius 3 is 2.80 bits per heavy atom. The molecule has 5 heteroatoms. The van der Waals surface area contributed by atoms with Crippen LogP contribution in [-0.2, 0) is 11.3 Å². The zero-order valence-corrected chi connectivity index (χ0v) is 15.6. The highest BCUT2D eigenvalue weighted by atomic mass is 16.4. The van der Waals surface area contributed by atoms with E-state index in [0.717, 1.165) is 55.2 Å². The van der Waals surface area contributed by atoms with Gasteiger partial charge in [0.2, 0.25) is 11.8 Å². The number of aromatic nitrogens is 1. The Labute approximate surface area is 149 Å². The molecule has 3 rings (SSSR count). The molecule has 1 aromatic heterocycles. The van der Waals surface area contributed by atoms with Crippen molar-refractivity contribution in [2.75, 3.05) is 19.6 Å². The Kier molecular flexibility index (Phi) is 5.23. The van der Waals surface area contributed by atoms with Crippen molar-refractivity contribution >= 4 is 5.91 Å². The monoisotopic (exact) mass is 341 g/mol. The molecule has 1 unspecified atom stereocenters. The Balaban J connectivity index is 1.70. The molecule has 2 aromatic rings. The van der Waals surface area contributed by atoms with Gasteiger partial charge >= 0.3 is 0 Å². The molecule has 2 heterocycles.